The zero-order valence-electron chi connectivity index (χ0n) is 10.6. The van der Waals surface area contributed by atoms with Gasteiger partial charge >= 0.3 is 0 Å². The summed E-state index contributed by atoms with van der Waals surface area (Å²) in [5.41, 5.74) is 2.33. The number of nitrogens with zero attached hydrogens (tertiary/aromatic N) is 3. The Hall–Kier alpha value is -1.59. The first-order valence-electron chi connectivity index (χ1n) is 6.16. The van der Waals surface area contributed by atoms with Crippen LogP contribution < -0.4 is 0 Å². The Kier molecular flexibility index (Phi) is 4.18. The van der Waals surface area contributed by atoms with E-state index in [0.717, 1.165) is 21.1 Å². The third-order valence-electron chi connectivity index (χ3n) is 2.87. The van der Waals surface area contributed by atoms with Crippen LogP contribution >= 0.6 is 27.7 Å². The predicted octanol–water partition coefficient (Wildman–Crippen LogP) is 4.32. The van der Waals surface area contributed by atoms with Crippen LogP contribution in [0.5, 0.6) is 0 Å². The molecule has 0 aliphatic rings. The minimum Gasteiger partial charge on any atom is -0.277 e. The molecule has 0 fully saturated rings. The highest BCUT2D eigenvalue weighted by molar-refractivity contribution is 9.10. The summed E-state index contributed by atoms with van der Waals surface area (Å²) in [7, 11) is 0. The lowest BCUT2D eigenvalue weighted by molar-refractivity contribution is 0.883. The van der Waals surface area contributed by atoms with Gasteiger partial charge in [0.25, 0.3) is 0 Å². The van der Waals surface area contributed by atoms with Crippen LogP contribution in [0, 0.1) is 0 Å². The van der Waals surface area contributed by atoms with Crippen LogP contribution in [0.4, 0.5) is 0 Å². The molecule has 3 nitrogen and oxygen atoms in total. The molecule has 0 N–H and O–H groups in total. The van der Waals surface area contributed by atoms with E-state index in [2.05, 4.69) is 38.3 Å². The molecule has 0 amide bonds. The van der Waals surface area contributed by atoms with E-state index >= 15 is 0 Å². The molecule has 0 aliphatic carbocycles. The highest BCUT2D eigenvalue weighted by atomic mass is 79.9. The number of halogens is 1. The number of para-hydroxylation sites is 1. The van der Waals surface area contributed by atoms with Gasteiger partial charge in [0, 0.05) is 15.9 Å². The third kappa shape index (κ3) is 2.94. The topological polar surface area (TPSA) is 30.7 Å². The Morgan fingerprint density at radius 2 is 1.75 bits per heavy atom. The molecule has 2 aromatic carbocycles. The molecule has 3 rings (SSSR count). The molecular formula is C15H12BrN3S. The first kappa shape index (κ1) is 13.4. The highest BCUT2D eigenvalue weighted by Gasteiger charge is 2.08. The standard InChI is InChI=1S/C15H12BrN3S/c16-14-9-5-4-6-12(14)10-20-15-18-17-11-19(15)13-7-2-1-3-8-13/h1-9,11H,10H2. The maximum absolute atomic E-state index is 4.20. The lowest BCUT2D eigenvalue weighted by atomic mass is 10.2. The summed E-state index contributed by atoms with van der Waals surface area (Å²) in [5.74, 6) is 0.854. The normalized spacial score (nSPS) is 10.7. The first-order valence-corrected chi connectivity index (χ1v) is 7.94. The fourth-order valence-electron chi connectivity index (χ4n) is 1.85. The summed E-state index contributed by atoms with van der Waals surface area (Å²) >= 11 is 5.24. The van der Waals surface area contributed by atoms with Crippen LogP contribution in [-0.4, -0.2) is 14.8 Å². The van der Waals surface area contributed by atoms with E-state index < -0.39 is 0 Å². The van der Waals surface area contributed by atoms with Crippen LogP contribution in [0.25, 0.3) is 5.69 Å². The summed E-state index contributed by atoms with van der Waals surface area (Å²) in [6, 6.07) is 18.3. The Bertz CT molecular complexity index is 697. The largest absolute Gasteiger partial charge is 0.277 e. The van der Waals surface area contributed by atoms with Gasteiger partial charge in [-0.25, -0.2) is 0 Å². The van der Waals surface area contributed by atoms with Gasteiger partial charge in [-0.3, -0.25) is 4.57 Å². The van der Waals surface area contributed by atoms with Crippen molar-refractivity contribution in [3.8, 4) is 5.69 Å². The van der Waals surface area contributed by atoms with Crippen molar-refractivity contribution in [3.63, 3.8) is 0 Å². The second kappa shape index (κ2) is 6.24. The SMILES string of the molecule is Brc1ccccc1CSc1nncn1-c1ccccc1. The van der Waals surface area contributed by atoms with Crippen molar-refractivity contribution in [2.24, 2.45) is 0 Å². The van der Waals surface area contributed by atoms with Gasteiger partial charge < -0.3 is 0 Å². The average Bonchev–Trinajstić information content (AvgIpc) is 2.96. The second-order valence-corrected chi connectivity index (χ2v) is 6.00. The number of hydrogen-bond donors (Lipinski definition) is 0. The number of aromatic nitrogens is 3. The zero-order valence-corrected chi connectivity index (χ0v) is 13.0. The second-order valence-electron chi connectivity index (χ2n) is 4.20. The smallest absolute Gasteiger partial charge is 0.195 e. The monoisotopic (exact) mass is 345 g/mol. The molecule has 5 heteroatoms. The van der Waals surface area contributed by atoms with Gasteiger partial charge in [-0.15, -0.1) is 10.2 Å². The summed E-state index contributed by atoms with van der Waals surface area (Å²) in [5, 5.41) is 9.11. The van der Waals surface area contributed by atoms with Crippen molar-refractivity contribution in [2.45, 2.75) is 10.9 Å². The Labute approximate surface area is 130 Å². The van der Waals surface area contributed by atoms with E-state index in [9.17, 15) is 0 Å². The van der Waals surface area contributed by atoms with Crippen molar-refractivity contribution in [2.75, 3.05) is 0 Å². The van der Waals surface area contributed by atoms with Gasteiger partial charge in [-0.2, -0.15) is 0 Å². The Morgan fingerprint density at radius 1 is 1.00 bits per heavy atom. The minimum atomic E-state index is 0.854. The van der Waals surface area contributed by atoms with Crippen LogP contribution in [-0.2, 0) is 5.75 Å². The van der Waals surface area contributed by atoms with Gasteiger partial charge in [0.05, 0.1) is 0 Å². The van der Waals surface area contributed by atoms with E-state index in [4.69, 9.17) is 0 Å². The molecule has 1 heterocycles. The number of rotatable bonds is 4. The fraction of sp³-hybridized carbons (Fsp3) is 0.0667. The quantitative estimate of drug-likeness (QED) is 0.659. The summed E-state index contributed by atoms with van der Waals surface area (Å²) in [6.45, 7) is 0. The summed E-state index contributed by atoms with van der Waals surface area (Å²) in [4.78, 5) is 0. The van der Waals surface area contributed by atoms with Crippen LogP contribution in [0.2, 0.25) is 0 Å². The molecular weight excluding hydrogens is 334 g/mol. The molecule has 0 radical (unpaired) electrons. The molecule has 0 bridgehead atoms. The molecule has 0 unspecified atom stereocenters. The van der Waals surface area contributed by atoms with Crippen molar-refractivity contribution in [1.29, 1.82) is 0 Å². The van der Waals surface area contributed by atoms with E-state index in [-0.39, 0.29) is 0 Å². The van der Waals surface area contributed by atoms with Crippen LogP contribution in [0.3, 0.4) is 0 Å². The Balaban J connectivity index is 1.80. The van der Waals surface area contributed by atoms with E-state index in [0.29, 0.717) is 0 Å². The molecule has 0 saturated carbocycles. The maximum Gasteiger partial charge on any atom is 0.195 e. The minimum absolute atomic E-state index is 0.854. The van der Waals surface area contributed by atoms with Crippen molar-refractivity contribution in [3.05, 3.63) is 71.0 Å². The van der Waals surface area contributed by atoms with Crippen molar-refractivity contribution in [1.82, 2.24) is 14.8 Å². The molecule has 0 saturated heterocycles. The fourth-order valence-corrected chi connectivity index (χ4v) is 3.39. The maximum atomic E-state index is 4.20. The average molecular weight is 346 g/mol. The third-order valence-corrected chi connectivity index (χ3v) is 4.63. The lowest BCUT2D eigenvalue weighted by Crippen LogP contribution is -1.95. The molecule has 0 spiro atoms. The lowest BCUT2D eigenvalue weighted by Gasteiger charge is -2.06. The molecule has 20 heavy (non-hydrogen) atoms. The zero-order chi connectivity index (χ0) is 13.8. The van der Waals surface area contributed by atoms with Gasteiger partial charge in [0.2, 0.25) is 0 Å². The Morgan fingerprint density at radius 3 is 2.55 bits per heavy atom. The van der Waals surface area contributed by atoms with Gasteiger partial charge in [0.15, 0.2) is 5.16 Å². The molecule has 1 aromatic heterocycles. The first-order chi connectivity index (χ1) is 9.84. The van der Waals surface area contributed by atoms with Crippen LogP contribution in [0.15, 0.2) is 70.6 Å². The summed E-state index contributed by atoms with van der Waals surface area (Å²) in [6.07, 6.45) is 1.75. The number of thioether (sulfide) groups is 1. The van der Waals surface area contributed by atoms with Crippen LogP contribution in [0.1, 0.15) is 5.56 Å². The number of benzene rings is 2. The van der Waals surface area contributed by atoms with Crippen molar-refractivity contribution < 1.29 is 0 Å². The molecule has 0 aliphatic heterocycles. The summed E-state index contributed by atoms with van der Waals surface area (Å²) < 4.78 is 3.12. The molecule has 3 aromatic rings. The van der Waals surface area contributed by atoms with E-state index in [1.165, 1.54) is 5.56 Å². The van der Waals surface area contributed by atoms with Gasteiger partial charge in [0.1, 0.15) is 6.33 Å². The van der Waals surface area contributed by atoms with Crippen molar-refractivity contribution >= 4 is 27.7 Å². The van der Waals surface area contributed by atoms with E-state index in [1.807, 2.05) is 47.0 Å². The highest BCUT2D eigenvalue weighted by Crippen LogP contribution is 2.26. The molecule has 0 atom stereocenters. The van der Waals surface area contributed by atoms with Gasteiger partial charge in [-0.05, 0) is 23.8 Å². The molecule has 100 valence electrons. The van der Waals surface area contributed by atoms with E-state index in [1.54, 1.807) is 18.1 Å². The predicted molar refractivity (Wildman–Crippen MR) is 85.1 cm³/mol. The number of hydrogen-bond acceptors (Lipinski definition) is 3. The van der Waals surface area contributed by atoms with Gasteiger partial charge in [-0.1, -0.05) is 64.1 Å².